The average molecular weight is 291 g/mol. The number of nitrogens with one attached hydrogen (secondary N) is 1. The van der Waals surface area contributed by atoms with Crippen LogP contribution < -0.4 is 11.1 Å². The van der Waals surface area contributed by atoms with E-state index >= 15 is 0 Å². The molecule has 1 aromatic carbocycles. The zero-order valence-corrected chi connectivity index (χ0v) is 12.0. The Morgan fingerprint density at radius 2 is 2.20 bits per heavy atom. The van der Waals surface area contributed by atoms with Crippen LogP contribution in [0, 0.1) is 0 Å². The van der Waals surface area contributed by atoms with Crippen molar-refractivity contribution in [3.05, 3.63) is 35.8 Å². The molecule has 1 atom stereocenters. The Labute approximate surface area is 121 Å². The van der Waals surface area contributed by atoms with E-state index < -0.39 is 0 Å². The summed E-state index contributed by atoms with van der Waals surface area (Å²) in [5.74, 6) is -0.107. The van der Waals surface area contributed by atoms with Gasteiger partial charge in [-0.05, 0) is 24.3 Å². The Hall–Kier alpha value is -1.76. The first kappa shape index (κ1) is 14.6. The summed E-state index contributed by atoms with van der Waals surface area (Å²) in [5, 5.41) is 5.72. The van der Waals surface area contributed by atoms with E-state index in [1.807, 2.05) is 29.6 Å². The van der Waals surface area contributed by atoms with Gasteiger partial charge >= 0.3 is 0 Å². The molecule has 5 nitrogen and oxygen atoms in total. The molecule has 0 aliphatic carbocycles. The van der Waals surface area contributed by atoms with Crippen LogP contribution in [0.4, 0.5) is 5.69 Å². The first-order chi connectivity index (χ1) is 9.72. The van der Waals surface area contributed by atoms with Gasteiger partial charge in [-0.2, -0.15) is 0 Å². The fraction of sp³-hybridized carbons (Fsp3) is 0.286. The fourth-order valence-electron chi connectivity index (χ4n) is 1.74. The van der Waals surface area contributed by atoms with Gasteiger partial charge in [-0.25, -0.2) is 4.98 Å². The number of methoxy groups -OCH3 is 1. The van der Waals surface area contributed by atoms with Crippen molar-refractivity contribution in [3.8, 4) is 10.6 Å². The lowest BCUT2D eigenvalue weighted by molar-refractivity contribution is -0.118. The maximum atomic E-state index is 11.8. The lowest BCUT2D eigenvalue weighted by atomic mass is 10.2. The zero-order valence-electron chi connectivity index (χ0n) is 11.2. The van der Waals surface area contributed by atoms with Gasteiger partial charge in [0, 0.05) is 36.5 Å². The van der Waals surface area contributed by atoms with Gasteiger partial charge in [-0.1, -0.05) is 0 Å². The number of aromatic nitrogens is 1. The molecule has 1 unspecified atom stereocenters. The highest BCUT2D eigenvalue weighted by atomic mass is 32.1. The number of carbonyl (C=O) groups is 1. The second-order valence-corrected chi connectivity index (χ2v) is 5.15. The number of thiazole rings is 1. The fourth-order valence-corrected chi connectivity index (χ4v) is 2.39. The first-order valence-corrected chi connectivity index (χ1v) is 7.13. The molecule has 0 saturated heterocycles. The van der Waals surface area contributed by atoms with Gasteiger partial charge in [0.05, 0.1) is 12.5 Å². The summed E-state index contributed by atoms with van der Waals surface area (Å²) >= 11 is 1.58. The number of benzene rings is 1. The van der Waals surface area contributed by atoms with Crippen molar-refractivity contribution in [2.45, 2.75) is 12.5 Å². The summed E-state index contributed by atoms with van der Waals surface area (Å²) in [6.45, 7) is 0.326. The van der Waals surface area contributed by atoms with Gasteiger partial charge in [-0.3, -0.25) is 4.79 Å². The van der Waals surface area contributed by atoms with Crippen molar-refractivity contribution < 1.29 is 9.53 Å². The maximum Gasteiger partial charge on any atom is 0.227 e. The minimum atomic E-state index is -0.246. The molecule has 20 heavy (non-hydrogen) atoms. The number of amides is 1. The monoisotopic (exact) mass is 291 g/mol. The van der Waals surface area contributed by atoms with Gasteiger partial charge in [0.1, 0.15) is 5.01 Å². The highest BCUT2D eigenvalue weighted by Crippen LogP contribution is 2.23. The molecule has 106 valence electrons. The molecule has 0 bridgehead atoms. The third kappa shape index (κ3) is 3.86. The van der Waals surface area contributed by atoms with Crippen LogP contribution in [0.5, 0.6) is 0 Å². The molecule has 0 fully saturated rings. The standard InChI is InChI=1S/C14H17N3O2S/c1-19-12(9-15)8-13(18)17-11-4-2-10(3-5-11)14-16-6-7-20-14/h2-7,12H,8-9,15H2,1H3,(H,17,18). The molecule has 1 amide bonds. The van der Waals surface area contributed by atoms with E-state index in [1.165, 1.54) is 0 Å². The summed E-state index contributed by atoms with van der Waals surface area (Å²) in [7, 11) is 1.55. The number of nitrogens with zero attached hydrogens (tertiary/aromatic N) is 1. The number of rotatable bonds is 6. The van der Waals surface area contributed by atoms with E-state index in [0.29, 0.717) is 6.54 Å². The minimum absolute atomic E-state index is 0.107. The van der Waals surface area contributed by atoms with Gasteiger partial charge in [0.2, 0.25) is 5.91 Å². The summed E-state index contributed by atoms with van der Waals surface area (Å²) < 4.78 is 5.08. The van der Waals surface area contributed by atoms with E-state index in [4.69, 9.17) is 10.5 Å². The Balaban J connectivity index is 1.95. The summed E-state index contributed by atoms with van der Waals surface area (Å²) in [4.78, 5) is 16.0. The normalized spacial score (nSPS) is 12.1. The van der Waals surface area contributed by atoms with Gasteiger partial charge in [0.25, 0.3) is 0 Å². The Bertz CT molecular complexity index is 536. The minimum Gasteiger partial charge on any atom is -0.380 e. The molecule has 6 heteroatoms. The molecular weight excluding hydrogens is 274 g/mol. The van der Waals surface area contributed by atoms with E-state index in [0.717, 1.165) is 16.3 Å². The van der Waals surface area contributed by atoms with Gasteiger partial charge in [-0.15, -0.1) is 11.3 Å². The molecule has 1 heterocycles. The maximum absolute atomic E-state index is 11.8. The Kier molecular flexibility index (Phi) is 5.23. The van der Waals surface area contributed by atoms with E-state index in [2.05, 4.69) is 10.3 Å². The van der Waals surface area contributed by atoms with E-state index in [9.17, 15) is 4.79 Å². The van der Waals surface area contributed by atoms with Gasteiger partial charge in [0.15, 0.2) is 0 Å². The largest absolute Gasteiger partial charge is 0.380 e. The predicted molar refractivity (Wildman–Crippen MR) is 80.6 cm³/mol. The second-order valence-electron chi connectivity index (χ2n) is 4.26. The van der Waals surface area contributed by atoms with Crippen LogP contribution in [0.2, 0.25) is 0 Å². The SMILES string of the molecule is COC(CN)CC(=O)Nc1ccc(-c2nccs2)cc1. The third-order valence-corrected chi connectivity index (χ3v) is 3.68. The van der Waals surface area contributed by atoms with Crippen molar-refractivity contribution in [3.63, 3.8) is 0 Å². The number of hydrogen-bond acceptors (Lipinski definition) is 5. The third-order valence-electron chi connectivity index (χ3n) is 2.86. The Morgan fingerprint density at radius 1 is 1.45 bits per heavy atom. The van der Waals surface area contributed by atoms with Crippen LogP contribution in [-0.2, 0) is 9.53 Å². The van der Waals surface area contributed by atoms with Crippen LogP contribution in [0.15, 0.2) is 35.8 Å². The molecular formula is C14H17N3O2S. The van der Waals surface area contributed by atoms with Crippen LogP contribution in [0.1, 0.15) is 6.42 Å². The highest BCUT2D eigenvalue weighted by molar-refractivity contribution is 7.13. The molecule has 0 radical (unpaired) electrons. The number of carbonyl (C=O) groups excluding carboxylic acids is 1. The predicted octanol–water partition coefficient (Wildman–Crippen LogP) is 2.11. The molecule has 1 aromatic heterocycles. The molecule has 3 N–H and O–H groups in total. The van der Waals surface area contributed by atoms with Crippen molar-refractivity contribution in [2.24, 2.45) is 5.73 Å². The summed E-state index contributed by atoms with van der Waals surface area (Å²) in [5.41, 5.74) is 7.28. The van der Waals surface area contributed by atoms with Crippen LogP contribution in [0.3, 0.4) is 0 Å². The van der Waals surface area contributed by atoms with E-state index in [1.54, 1.807) is 24.6 Å². The molecule has 2 aromatic rings. The lowest BCUT2D eigenvalue weighted by Crippen LogP contribution is -2.28. The number of nitrogens with two attached hydrogens (primary N) is 1. The highest BCUT2D eigenvalue weighted by Gasteiger charge is 2.11. The lowest BCUT2D eigenvalue weighted by Gasteiger charge is -2.12. The van der Waals surface area contributed by atoms with Crippen molar-refractivity contribution >= 4 is 22.9 Å². The topological polar surface area (TPSA) is 77.2 Å². The summed E-state index contributed by atoms with van der Waals surface area (Å²) in [6.07, 6.45) is 1.78. The number of hydrogen-bond donors (Lipinski definition) is 2. The second kappa shape index (κ2) is 7.14. The molecule has 0 saturated carbocycles. The van der Waals surface area contributed by atoms with Crippen molar-refractivity contribution in [1.82, 2.24) is 4.98 Å². The smallest absolute Gasteiger partial charge is 0.227 e. The quantitative estimate of drug-likeness (QED) is 0.854. The molecule has 2 rings (SSSR count). The van der Waals surface area contributed by atoms with E-state index in [-0.39, 0.29) is 18.4 Å². The average Bonchev–Trinajstić information content (AvgIpc) is 2.99. The summed E-state index contributed by atoms with van der Waals surface area (Å²) in [6, 6.07) is 7.59. The zero-order chi connectivity index (χ0) is 14.4. The molecule has 0 aliphatic heterocycles. The van der Waals surface area contributed by atoms with Gasteiger partial charge < -0.3 is 15.8 Å². The van der Waals surface area contributed by atoms with Crippen molar-refractivity contribution in [2.75, 3.05) is 19.0 Å². The Morgan fingerprint density at radius 3 is 2.75 bits per heavy atom. The molecule has 0 aliphatic rings. The number of anilines is 1. The van der Waals surface area contributed by atoms with Crippen molar-refractivity contribution in [1.29, 1.82) is 0 Å². The first-order valence-electron chi connectivity index (χ1n) is 6.25. The van der Waals surface area contributed by atoms with Crippen LogP contribution >= 0.6 is 11.3 Å². The van der Waals surface area contributed by atoms with Crippen LogP contribution in [-0.4, -0.2) is 30.6 Å². The van der Waals surface area contributed by atoms with Crippen LogP contribution in [0.25, 0.3) is 10.6 Å². The number of ether oxygens (including phenoxy) is 1. The molecule has 0 spiro atoms.